The van der Waals surface area contributed by atoms with Crippen molar-refractivity contribution in [3.63, 3.8) is 0 Å². The van der Waals surface area contributed by atoms with Gasteiger partial charge in [0.15, 0.2) is 0 Å². The van der Waals surface area contributed by atoms with Gasteiger partial charge in [0.2, 0.25) is 17.7 Å². The Morgan fingerprint density at radius 3 is 2.57 bits per heavy atom. The molecule has 1 unspecified atom stereocenters. The first-order valence-electron chi connectivity index (χ1n) is 23.7. The van der Waals surface area contributed by atoms with Gasteiger partial charge in [-0.3, -0.25) is 34.0 Å². The van der Waals surface area contributed by atoms with E-state index in [9.17, 15) is 29.1 Å². The number of hydrogen-bond donors (Lipinski definition) is 3. The number of hydrogen-bond acceptors (Lipinski definition) is 10. The Balaban J connectivity index is 1.31. The summed E-state index contributed by atoms with van der Waals surface area (Å²) in [4.78, 5) is 77.1. The van der Waals surface area contributed by atoms with Crippen LogP contribution in [-0.4, -0.2) is 118 Å². The van der Waals surface area contributed by atoms with Crippen molar-refractivity contribution in [1.82, 2.24) is 35.1 Å². The molecule has 67 heavy (non-hydrogen) atoms. The first-order valence-corrected chi connectivity index (χ1v) is 23.7. The molecule has 2 aromatic carbocycles. The number of aromatic nitrogens is 2. The van der Waals surface area contributed by atoms with Gasteiger partial charge < -0.3 is 34.3 Å². The van der Waals surface area contributed by atoms with Crippen LogP contribution in [0.1, 0.15) is 90.0 Å². The molecule has 2 aromatic heterocycles. The topological polar surface area (TPSA) is 176 Å². The number of phenolic OH excluding ortho intramolecular Hbond substituents is 1. The maximum Gasteiger partial charge on any atom is 0.324 e. The van der Waals surface area contributed by atoms with Crippen molar-refractivity contribution in [2.45, 2.75) is 111 Å². The second kappa shape index (κ2) is 20.4. The number of cyclic esters (lactones) is 1. The fourth-order valence-corrected chi connectivity index (χ4v) is 10.3. The van der Waals surface area contributed by atoms with Gasteiger partial charge in [0.1, 0.15) is 23.9 Å². The van der Waals surface area contributed by atoms with Gasteiger partial charge in [-0.1, -0.05) is 53.3 Å². The first-order chi connectivity index (χ1) is 32.0. The van der Waals surface area contributed by atoms with E-state index in [4.69, 9.17) is 9.47 Å². The number of ether oxygens (including phenoxy) is 2. The van der Waals surface area contributed by atoms with Gasteiger partial charge in [0.25, 0.3) is 5.91 Å². The number of likely N-dealkylation sites (N-methyl/N-ethyl adjacent to an activating group) is 1. The highest BCUT2D eigenvalue weighted by Gasteiger charge is 2.40. The number of aromatic hydroxyl groups is 1. The minimum atomic E-state index is -1.16. The number of rotatable bonds is 11. The predicted octanol–water partition coefficient (Wildman–Crippen LogP) is 6.36. The van der Waals surface area contributed by atoms with Crippen molar-refractivity contribution >= 4 is 40.5 Å². The number of nitrogens with one attached hydrogen (secondary N) is 2. The van der Waals surface area contributed by atoms with Crippen molar-refractivity contribution < 1.29 is 38.6 Å². The van der Waals surface area contributed by atoms with Crippen LogP contribution in [0.15, 0.2) is 67.5 Å². The third-order valence-electron chi connectivity index (χ3n) is 13.6. The Morgan fingerprint density at radius 2 is 1.87 bits per heavy atom. The molecule has 6 bridgehead atoms. The molecule has 4 amide bonds. The molecule has 0 spiro atoms. The van der Waals surface area contributed by atoms with Crippen molar-refractivity contribution in [2.75, 3.05) is 40.4 Å². The van der Waals surface area contributed by atoms with Crippen LogP contribution in [0.3, 0.4) is 0 Å². The second-order valence-corrected chi connectivity index (χ2v) is 19.4. The molecule has 7 rings (SSSR count). The van der Waals surface area contributed by atoms with E-state index >= 15 is 0 Å². The normalized spacial score (nSPS) is 20.8. The maximum absolute atomic E-state index is 14.7. The van der Waals surface area contributed by atoms with E-state index in [2.05, 4.69) is 66.7 Å². The van der Waals surface area contributed by atoms with Crippen LogP contribution in [0.25, 0.3) is 33.3 Å². The molecule has 0 radical (unpaired) electrons. The number of benzene rings is 2. The molecule has 0 aliphatic carbocycles. The zero-order valence-electron chi connectivity index (χ0n) is 40.3. The quantitative estimate of drug-likeness (QED) is 0.114. The molecule has 15 nitrogen and oxygen atoms in total. The molecule has 3 N–H and O–H groups in total. The van der Waals surface area contributed by atoms with Gasteiger partial charge in [-0.05, 0) is 109 Å². The van der Waals surface area contributed by atoms with Crippen LogP contribution in [-0.2, 0) is 52.8 Å². The van der Waals surface area contributed by atoms with Gasteiger partial charge in [-0.15, -0.1) is 0 Å². The lowest BCUT2D eigenvalue weighted by molar-refractivity contribution is -0.155. The summed E-state index contributed by atoms with van der Waals surface area (Å²) in [6, 6.07) is 10.5. The number of likely N-dealkylation sites (tertiary alicyclic amines) is 1. The SMILES string of the molecule is C=CC(=O)N1CC[C@H](C(=O)N(C)C(C(=O)N[C@H]2Cc3cc(O)cc(c3)-c3ccc4c(c3)c(c(-c3cnccc3[C@H](CC)OC)n4CC)CC(C)(C)COC(=O)[C@@H]3CCCN(N3)C2=O)C(C)C)C1. The number of aryl methyl sites for hydroxylation is 1. The number of phenols is 1. The zero-order valence-corrected chi connectivity index (χ0v) is 40.3. The van der Waals surface area contributed by atoms with Crippen molar-refractivity contribution in [3.05, 3.63) is 84.2 Å². The monoisotopic (exact) mass is 918 g/mol. The fraction of sp³-hybridized carbons (Fsp3) is 0.500. The molecule has 358 valence electrons. The van der Waals surface area contributed by atoms with Crippen molar-refractivity contribution in [2.24, 2.45) is 17.3 Å². The molecule has 5 atom stereocenters. The lowest BCUT2D eigenvalue weighted by atomic mass is 9.83. The van der Waals surface area contributed by atoms with E-state index < -0.39 is 47.2 Å². The number of hydrazine groups is 1. The summed E-state index contributed by atoms with van der Waals surface area (Å²) in [5.41, 5.74) is 9.80. The molecule has 2 fully saturated rings. The van der Waals surface area contributed by atoms with Crippen LogP contribution < -0.4 is 10.7 Å². The summed E-state index contributed by atoms with van der Waals surface area (Å²) in [5.74, 6) is -2.86. The van der Waals surface area contributed by atoms with Crippen LogP contribution >= 0.6 is 0 Å². The first kappa shape index (κ1) is 48.9. The number of carbonyl (C=O) groups is 5. The molecule has 3 aliphatic rings. The number of esters is 1. The lowest BCUT2D eigenvalue weighted by Gasteiger charge is -2.37. The summed E-state index contributed by atoms with van der Waals surface area (Å²) >= 11 is 0. The Bertz CT molecular complexity index is 2530. The molecule has 4 aromatic rings. The third kappa shape index (κ3) is 10.3. The highest BCUT2D eigenvalue weighted by atomic mass is 16.5. The standard InChI is InChI=1S/C52H67N7O8/c1-10-44(66-9)37-17-19-53-28-40(37)47-39-27-52(6,7)30-67-51(65)41-14-13-20-59(55-41)50(64)42(24-32-22-35(25-36(60)23-32)33-15-16-43(38(39)26-33)58(47)12-3)54-48(62)46(31(4)5)56(8)49(63)34-18-21-57(29-34)45(61)11-2/h11,15-17,19,22-23,25-26,28,31,34,41-42,44,46,55,60H,2,10,12-14,18,20-21,24,27,29-30H2,1,3-9H3,(H,54,62)/t34-,41-,42-,44-,46?/m0/s1. The molecule has 2 saturated heterocycles. The van der Waals surface area contributed by atoms with Crippen LogP contribution in [0.2, 0.25) is 0 Å². The van der Waals surface area contributed by atoms with Crippen LogP contribution in [0.5, 0.6) is 5.75 Å². The molecule has 3 aliphatic heterocycles. The van der Waals surface area contributed by atoms with Gasteiger partial charge in [-0.25, -0.2) is 5.43 Å². The van der Waals surface area contributed by atoms with E-state index in [0.717, 1.165) is 50.8 Å². The van der Waals surface area contributed by atoms with E-state index in [0.29, 0.717) is 44.3 Å². The maximum atomic E-state index is 14.7. The summed E-state index contributed by atoms with van der Waals surface area (Å²) in [5, 5.41) is 16.7. The van der Waals surface area contributed by atoms with E-state index in [1.54, 1.807) is 37.4 Å². The predicted molar refractivity (Wildman–Crippen MR) is 256 cm³/mol. The smallest absolute Gasteiger partial charge is 0.324 e. The number of carbonyl (C=O) groups excluding carboxylic acids is 5. The van der Waals surface area contributed by atoms with Crippen molar-refractivity contribution in [3.8, 4) is 28.1 Å². The van der Waals surface area contributed by atoms with Crippen LogP contribution in [0.4, 0.5) is 0 Å². The van der Waals surface area contributed by atoms with E-state index in [-0.39, 0.29) is 55.7 Å². The Hall–Kier alpha value is -6.06. The number of fused-ring (bicyclic) bond motifs is 6. The van der Waals surface area contributed by atoms with Gasteiger partial charge in [-0.2, -0.15) is 0 Å². The Morgan fingerprint density at radius 1 is 1.09 bits per heavy atom. The second-order valence-electron chi connectivity index (χ2n) is 19.4. The van der Waals surface area contributed by atoms with Gasteiger partial charge >= 0.3 is 5.97 Å². The van der Waals surface area contributed by atoms with Crippen LogP contribution in [0, 0.1) is 17.3 Å². The average Bonchev–Trinajstić information content (AvgIpc) is 3.93. The number of methoxy groups -OCH3 is 1. The number of nitrogens with zero attached hydrogens (tertiary/aromatic N) is 5. The molecule has 5 heterocycles. The Labute approximate surface area is 393 Å². The largest absolute Gasteiger partial charge is 0.508 e. The molecular formula is C52H67N7O8. The summed E-state index contributed by atoms with van der Waals surface area (Å²) < 4.78 is 14.4. The minimum Gasteiger partial charge on any atom is -0.508 e. The molecule has 15 heteroatoms. The summed E-state index contributed by atoms with van der Waals surface area (Å²) in [6.07, 6.45) is 7.46. The zero-order chi connectivity index (χ0) is 48.3. The van der Waals surface area contributed by atoms with Gasteiger partial charge in [0, 0.05) is 81.0 Å². The van der Waals surface area contributed by atoms with Gasteiger partial charge in [0.05, 0.1) is 24.3 Å². The number of pyridine rings is 1. The molecular weight excluding hydrogens is 851 g/mol. The third-order valence-corrected chi connectivity index (χ3v) is 13.6. The summed E-state index contributed by atoms with van der Waals surface area (Å²) in [6.45, 7) is 17.3. The minimum absolute atomic E-state index is 0.0110. The highest BCUT2D eigenvalue weighted by Crippen LogP contribution is 2.43. The number of amides is 4. The van der Waals surface area contributed by atoms with E-state index in [1.165, 1.54) is 16.0 Å². The highest BCUT2D eigenvalue weighted by molar-refractivity contribution is 5.96. The summed E-state index contributed by atoms with van der Waals surface area (Å²) in [7, 11) is 3.30. The Kier molecular flexibility index (Phi) is 14.9. The van der Waals surface area contributed by atoms with E-state index in [1.807, 2.05) is 38.2 Å². The lowest BCUT2D eigenvalue weighted by Crippen LogP contribution is -2.62. The fourth-order valence-electron chi connectivity index (χ4n) is 10.3. The average molecular weight is 918 g/mol. The van der Waals surface area contributed by atoms with Crippen molar-refractivity contribution in [1.29, 1.82) is 0 Å². The molecule has 0 saturated carbocycles.